The van der Waals surface area contributed by atoms with Crippen molar-refractivity contribution in [3.63, 3.8) is 0 Å². The molecule has 2 rings (SSSR count). The number of rotatable bonds is 2. The molecule has 0 aliphatic carbocycles. The minimum atomic E-state index is 0.744. The van der Waals surface area contributed by atoms with Crippen LogP contribution in [0.3, 0.4) is 0 Å². The molecule has 0 radical (unpaired) electrons. The number of hydrogen-bond donors (Lipinski definition) is 1. The third-order valence-electron chi connectivity index (χ3n) is 2.49. The third kappa shape index (κ3) is 2.08. The summed E-state index contributed by atoms with van der Waals surface area (Å²) >= 11 is 0. The van der Waals surface area contributed by atoms with E-state index in [1.165, 1.54) is 0 Å². The first-order chi connectivity index (χ1) is 6.75. The summed E-state index contributed by atoms with van der Waals surface area (Å²) in [5, 5.41) is 0. The molecule has 0 saturated carbocycles. The van der Waals surface area contributed by atoms with Gasteiger partial charge in [0.1, 0.15) is 11.5 Å². The van der Waals surface area contributed by atoms with E-state index in [0.29, 0.717) is 0 Å². The largest absolute Gasteiger partial charge is 0.463 e. The summed E-state index contributed by atoms with van der Waals surface area (Å²) in [7, 11) is 0. The van der Waals surface area contributed by atoms with Crippen molar-refractivity contribution in [3.8, 4) is 0 Å². The van der Waals surface area contributed by atoms with Gasteiger partial charge in [0.15, 0.2) is 0 Å². The molecular formula is C10H16N2O2. The molecule has 1 aromatic heterocycles. The van der Waals surface area contributed by atoms with Crippen molar-refractivity contribution in [1.82, 2.24) is 4.90 Å². The molecule has 0 aromatic carbocycles. The Bertz CT molecular complexity index is 284. The fourth-order valence-electron chi connectivity index (χ4n) is 1.62. The molecule has 1 aromatic rings. The van der Waals surface area contributed by atoms with E-state index in [-0.39, 0.29) is 0 Å². The number of hydrogen-bond acceptors (Lipinski definition) is 4. The maximum Gasteiger partial charge on any atom is 0.124 e. The van der Waals surface area contributed by atoms with Crippen LogP contribution in [0.25, 0.3) is 0 Å². The number of anilines is 1. The van der Waals surface area contributed by atoms with E-state index in [4.69, 9.17) is 14.9 Å². The number of morpholine rings is 1. The van der Waals surface area contributed by atoms with Gasteiger partial charge >= 0.3 is 0 Å². The van der Waals surface area contributed by atoms with Crippen LogP contribution in [0.4, 0.5) is 5.69 Å². The van der Waals surface area contributed by atoms with Gasteiger partial charge in [0.25, 0.3) is 0 Å². The first-order valence-corrected chi connectivity index (χ1v) is 4.90. The van der Waals surface area contributed by atoms with E-state index in [1.54, 1.807) is 0 Å². The number of nitrogens with two attached hydrogens (primary N) is 1. The fraction of sp³-hybridized carbons (Fsp3) is 0.600. The highest BCUT2D eigenvalue weighted by Crippen LogP contribution is 2.18. The number of furan rings is 1. The molecule has 0 amide bonds. The van der Waals surface area contributed by atoms with Crippen molar-refractivity contribution in [2.45, 2.75) is 13.5 Å². The van der Waals surface area contributed by atoms with Crippen LogP contribution < -0.4 is 5.73 Å². The maximum atomic E-state index is 5.71. The topological polar surface area (TPSA) is 51.6 Å². The minimum absolute atomic E-state index is 0.744. The average Bonchev–Trinajstić information content (AvgIpc) is 2.47. The van der Waals surface area contributed by atoms with E-state index in [0.717, 1.165) is 50.1 Å². The SMILES string of the molecule is Cc1oc(CN2CCOCC2)cc1N. The molecule has 0 unspecified atom stereocenters. The van der Waals surface area contributed by atoms with Crippen LogP contribution in [0.1, 0.15) is 11.5 Å². The highest BCUT2D eigenvalue weighted by molar-refractivity contribution is 5.42. The molecule has 1 aliphatic rings. The van der Waals surface area contributed by atoms with E-state index >= 15 is 0 Å². The number of nitrogens with zero attached hydrogens (tertiary/aromatic N) is 1. The second kappa shape index (κ2) is 4.02. The van der Waals surface area contributed by atoms with E-state index in [2.05, 4.69) is 4.90 Å². The molecular weight excluding hydrogens is 180 g/mol. The second-order valence-electron chi connectivity index (χ2n) is 3.61. The van der Waals surface area contributed by atoms with Crippen molar-refractivity contribution in [2.75, 3.05) is 32.0 Å². The Kier molecular flexibility index (Phi) is 2.74. The standard InChI is InChI=1S/C10H16N2O2/c1-8-10(11)6-9(14-8)7-12-2-4-13-5-3-12/h6H,2-5,7,11H2,1H3. The molecule has 0 bridgehead atoms. The number of nitrogen functional groups attached to an aromatic ring is 1. The van der Waals surface area contributed by atoms with Gasteiger partial charge in [0.05, 0.1) is 25.4 Å². The van der Waals surface area contributed by atoms with Gasteiger partial charge in [-0.1, -0.05) is 0 Å². The first kappa shape index (κ1) is 9.55. The van der Waals surface area contributed by atoms with Crippen LogP contribution in [0, 0.1) is 6.92 Å². The van der Waals surface area contributed by atoms with E-state index in [9.17, 15) is 0 Å². The van der Waals surface area contributed by atoms with Gasteiger partial charge in [-0.2, -0.15) is 0 Å². The summed E-state index contributed by atoms with van der Waals surface area (Å²) in [4.78, 5) is 2.31. The lowest BCUT2D eigenvalue weighted by atomic mass is 10.3. The van der Waals surface area contributed by atoms with Crippen LogP contribution in [-0.2, 0) is 11.3 Å². The lowest BCUT2D eigenvalue weighted by Crippen LogP contribution is -2.35. The number of ether oxygens (including phenoxy) is 1. The van der Waals surface area contributed by atoms with Crippen LogP contribution >= 0.6 is 0 Å². The summed E-state index contributed by atoms with van der Waals surface area (Å²) in [5.74, 6) is 1.76. The molecule has 78 valence electrons. The molecule has 2 heterocycles. The van der Waals surface area contributed by atoms with Crippen LogP contribution in [0.5, 0.6) is 0 Å². The predicted octanol–water partition coefficient (Wildman–Crippen LogP) is 1.00. The molecule has 0 atom stereocenters. The highest BCUT2D eigenvalue weighted by Gasteiger charge is 2.13. The Balaban J connectivity index is 1.95. The summed E-state index contributed by atoms with van der Waals surface area (Å²) in [5.41, 5.74) is 6.45. The van der Waals surface area contributed by atoms with E-state index < -0.39 is 0 Å². The molecule has 1 aliphatic heterocycles. The zero-order valence-corrected chi connectivity index (χ0v) is 8.45. The van der Waals surface area contributed by atoms with Gasteiger partial charge < -0.3 is 14.9 Å². The third-order valence-corrected chi connectivity index (χ3v) is 2.49. The molecule has 4 nitrogen and oxygen atoms in total. The lowest BCUT2D eigenvalue weighted by Gasteiger charge is -2.25. The Morgan fingerprint density at radius 3 is 2.71 bits per heavy atom. The van der Waals surface area contributed by atoms with Crippen molar-refractivity contribution in [1.29, 1.82) is 0 Å². The van der Waals surface area contributed by atoms with Crippen molar-refractivity contribution >= 4 is 5.69 Å². The van der Waals surface area contributed by atoms with Crippen molar-refractivity contribution < 1.29 is 9.15 Å². The molecule has 1 saturated heterocycles. The van der Waals surface area contributed by atoms with Crippen LogP contribution in [0.2, 0.25) is 0 Å². The summed E-state index contributed by atoms with van der Waals surface area (Å²) in [6.07, 6.45) is 0. The Morgan fingerprint density at radius 1 is 1.43 bits per heavy atom. The average molecular weight is 196 g/mol. The molecule has 1 fully saturated rings. The molecule has 0 spiro atoms. The summed E-state index contributed by atoms with van der Waals surface area (Å²) < 4.78 is 10.8. The van der Waals surface area contributed by atoms with Gasteiger partial charge in [-0.05, 0) is 6.92 Å². The van der Waals surface area contributed by atoms with Gasteiger partial charge in [-0.3, -0.25) is 4.90 Å². The lowest BCUT2D eigenvalue weighted by molar-refractivity contribution is 0.0312. The van der Waals surface area contributed by atoms with Crippen molar-refractivity contribution in [3.05, 3.63) is 17.6 Å². The van der Waals surface area contributed by atoms with Crippen LogP contribution in [0.15, 0.2) is 10.5 Å². The quantitative estimate of drug-likeness (QED) is 0.766. The maximum absolute atomic E-state index is 5.71. The Morgan fingerprint density at radius 2 is 2.14 bits per heavy atom. The zero-order chi connectivity index (χ0) is 9.97. The normalized spacial score (nSPS) is 18.6. The monoisotopic (exact) mass is 196 g/mol. The zero-order valence-electron chi connectivity index (χ0n) is 8.45. The highest BCUT2D eigenvalue weighted by atomic mass is 16.5. The molecule has 14 heavy (non-hydrogen) atoms. The fourth-order valence-corrected chi connectivity index (χ4v) is 1.62. The Hall–Kier alpha value is -1.00. The van der Waals surface area contributed by atoms with Gasteiger partial charge in [-0.25, -0.2) is 0 Å². The van der Waals surface area contributed by atoms with Crippen LogP contribution in [-0.4, -0.2) is 31.2 Å². The summed E-state index contributed by atoms with van der Waals surface area (Å²) in [6, 6.07) is 1.91. The second-order valence-corrected chi connectivity index (χ2v) is 3.61. The number of aryl methyl sites for hydroxylation is 1. The van der Waals surface area contributed by atoms with Gasteiger partial charge in [-0.15, -0.1) is 0 Å². The first-order valence-electron chi connectivity index (χ1n) is 4.90. The predicted molar refractivity (Wildman–Crippen MR) is 54.0 cm³/mol. The smallest absolute Gasteiger partial charge is 0.124 e. The molecule has 2 N–H and O–H groups in total. The van der Waals surface area contributed by atoms with Crippen molar-refractivity contribution in [2.24, 2.45) is 0 Å². The van der Waals surface area contributed by atoms with Gasteiger partial charge in [0, 0.05) is 19.2 Å². The van der Waals surface area contributed by atoms with Gasteiger partial charge in [0.2, 0.25) is 0 Å². The van der Waals surface area contributed by atoms with E-state index in [1.807, 2.05) is 13.0 Å². The molecule has 4 heteroatoms. The Labute approximate surface area is 83.6 Å². The summed E-state index contributed by atoms with van der Waals surface area (Å²) in [6.45, 7) is 6.29. The minimum Gasteiger partial charge on any atom is -0.463 e.